The molecule has 1 unspecified atom stereocenters. The largest absolute Gasteiger partial charge is 0.336 e. The van der Waals surface area contributed by atoms with Gasteiger partial charge in [-0.3, -0.25) is 4.79 Å². The van der Waals surface area contributed by atoms with Crippen LogP contribution in [0.25, 0.3) is 0 Å². The molecule has 152 valence electrons. The summed E-state index contributed by atoms with van der Waals surface area (Å²) < 4.78 is 0. The zero-order valence-electron chi connectivity index (χ0n) is 17.0. The van der Waals surface area contributed by atoms with Crippen LogP contribution in [0.5, 0.6) is 0 Å². The lowest BCUT2D eigenvalue weighted by Gasteiger charge is -2.29. The highest BCUT2D eigenvalue weighted by Gasteiger charge is 2.21. The molecule has 2 aromatic rings. The van der Waals surface area contributed by atoms with Crippen LogP contribution in [0, 0.1) is 0 Å². The van der Waals surface area contributed by atoms with Crippen LogP contribution < -0.4 is 10.6 Å². The number of hydrogen-bond acceptors (Lipinski definition) is 2. The number of nitrogens with one attached hydrogen (secondary N) is 2. The molecule has 1 aliphatic carbocycles. The van der Waals surface area contributed by atoms with Crippen molar-refractivity contribution in [3.05, 3.63) is 70.3 Å². The number of benzene rings is 2. The van der Waals surface area contributed by atoms with Crippen molar-refractivity contribution in [2.24, 2.45) is 0 Å². The summed E-state index contributed by atoms with van der Waals surface area (Å²) in [6.07, 6.45) is 5.64. The Labute approximate surface area is 172 Å². The van der Waals surface area contributed by atoms with E-state index >= 15 is 0 Å². The van der Waals surface area contributed by atoms with E-state index in [-0.39, 0.29) is 24.5 Å². The minimum atomic E-state index is -0.305. The first-order valence-electron chi connectivity index (χ1n) is 10.6. The van der Waals surface area contributed by atoms with Gasteiger partial charge in [-0.2, -0.15) is 0 Å². The molecule has 1 heterocycles. The standard InChI is InChI=1S/C24H29N3O2/c1-17(20-11-10-18-6-2-4-8-21(18)14-20)26-24(29)25-15-23(28)27-13-12-19-7-3-5-9-22(19)16-27/h3,5,7,9-11,14,17H,2,4,6,8,12-13,15-16H2,1H3,(H2,25,26,29). The first kappa shape index (κ1) is 19.5. The predicted octanol–water partition coefficient (Wildman–Crippen LogP) is 3.51. The Morgan fingerprint density at radius 1 is 0.966 bits per heavy atom. The highest BCUT2D eigenvalue weighted by atomic mass is 16.2. The molecular weight excluding hydrogens is 362 g/mol. The maximum absolute atomic E-state index is 12.5. The molecule has 0 aromatic heterocycles. The van der Waals surface area contributed by atoms with Gasteiger partial charge in [0.15, 0.2) is 0 Å². The fourth-order valence-electron chi connectivity index (χ4n) is 4.33. The highest BCUT2D eigenvalue weighted by molar-refractivity contribution is 5.84. The van der Waals surface area contributed by atoms with Gasteiger partial charge < -0.3 is 15.5 Å². The van der Waals surface area contributed by atoms with Crippen LogP contribution in [-0.2, 0) is 30.6 Å². The van der Waals surface area contributed by atoms with Gasteiger partial charge >= 0.3 is 6.03 Å². The lowest BCUT2D eigenvalue weighted by molar-refractivity contribution is -0.131. The Bertz CT molecular complexity index is 909. The summed E-state index contributed by atoms with van der Waals surface area (Å²) in [5, 5.41) is 5.68. The van der Waals surface area contributed by atoms with Gasteiger partial charge in [0.05, 0.1) is 12.6 Å². The molecule has 0 saturated heterocycles. The van der Waals surface area contributed by atoms with Gasteiger partial charge in [0, 0.05) is 13.1 Å². The minimum Gasteiger partial charge on any atom is -0.336 e. The molecule has 1 atom stereocenters. The van der Waals surface area contributed by atoms with Crippen molar-refractivity contribution in [1.82, 2.24) is 15.5 Å². The zero-order valence-corrected chi connectivity index (χ0v) is 17.0. The van der Waals surface area contributed by atoms with Crippen molar-refractivity contribution in [1.29, 1.82) is 0 Å². The number of carbonyl (C=O) groups excluding carboxylic acids is 2. The fraction of sp³-hybridized carbons (Fsp3) is 0.417. The maximum Gasteiger partial charge on any atom is 0.315 e. The Balaban J connectivity index is 1.27. The Morgan fingerprint density at radius 3 is 2.52 bits per heavy atom. The van der Waals surface area contributed by atoms with E-state index in [2.05, 4.69) is 41.0 Å². The van der Waals surface area contributed by atoms with Gasteiger partial charge in [0.1, 0.15) is 0 Å². The number of rotatable bonds is 4. The highest BCUT2D eigenvalue weighted by Crippen LogP contribution is 2.24. The molecule has 5 heteroatoms. The maximum atomic E-state index is 12.5. The summed E-state index contributed by atoms with van der Waals surface area (Å²) in [5.41, 5.74) is 6.45. The van der Waals surface area contributed by atoms with Gasteiger partial charge in [0.2, 0.25) is 5.91 Å². The van der Waals surface area contributed by atoms with Gasteiger partial charge in [-0.05, 0) is 66.8 Å². The molecule has 29 heavy (non-hydrogen) atoms. The lowest BCUT2D eigenvalue weighted by Crippen LogP contribution is -2.45. The van der Waals surface area contributed by atoms with Gasteiger partial charge in [-0.1, -0.05) is 42.5 Å². The van der Waals surface area contributed by atoms with Crippen molar-refractivity contribution < 1.29 is 9.59 Å². The van der Waals surface area contributed by atoms with Crippen molar-refractivity contribution in [3.63, 3.8) is 0 Å². The number of aryl methyl sites for hydroxylation is 2. The van der Waals surface area contributed by atoms with Crippen molar-refractivity contribution >= 4 is 11.9 Å². The summed E-state index contributed by atoms with van der Waals surface area (Å²) in [6.45, 7) is 3.31. The second-order valence-corrected chi connectivity index (χ2v) is 8.12. The number of nitrogens with zero attached hydrogens (tertiary/aromatic N) is 1. The molecule has 5 nitrogen and oxygen atoms in total. The predicted molar refractivity (Wildman–Crippen MR) is 114 cm³/mol. The van der Waals surface area contributed by atoms with Crippen molar-refractivity contribution in [2.45, 2.75) is 51.6 Å². The molecule has 0 fully saturated rings. The van der Waals surface area contributed by atoms with Gasteiger partial charge in [-0.15, -0.1) is 0 Å². The van der Waals surface area contributed by atoms with Crippen LogP contribution in [-0.4, -0.2) is 29.9 Å². The molecule has 3 amide bonds. The van der Waals surface area contributed by atoms with E-state index in [1.165, 1.54) is 35.1 Å². The second kappa shape index (κ2) is 8.68. The molecule has 2 aliphatic rings. The fourth-order valence-corrected chi connectivity index (χ4v) is 4.33. The number of urea groups is 1. The molecule has 4 rings (SSSR count). The van der Waals surface area contributed by atoms with Crippen LogP contribution in [0.3, 0.4) is 0 Å². The van der Waals surface area contributed by atoms with Crippen LogP contribution >= 0.6 is 0 Å². The van der Waals surface area contributed by atoms with E-state index in [0.717, 1.165) is 24.8 Å². The molecule has 2 N–H and O–H groups in total. The third-order valence-electron chi connectivity index (χ3n) is 6.10. The summed E-state index contributed by atoms with van der Waals surface area (Å²) in [6, 6.07) is 14.3. The van der Waals surface area contributed by atoms with E-state index in [1.807, 2.05) is 24.0 Å². The first-order chi connectivity index (χ1) is 14.1. The molecule has 0 spiro atoms. The lowest BCUT2D eigenvalue weighted by atomic mass is 9.89. The van der Waals surface area contributed by atoms with E-state index in [1.54, 1.807) is 0 Å². The average Bonchev–Trinajstić information content (AvgIpc) is 2.76. The SMILES string of the molecule is CC(NC(=O)NCC(=O)N1CCc2ccccc2C1)c1ccc2c(c1)CCCC2. The van der Waals surface area contributed by atoms with E-state index in [4.69, 9.17) is 0 Å². The number of carbonyl (C=O) groups is 2. The van der Waals surface area contributed by atoms with Crippen molar-refractivity contribution in [3.8, 4) is 0 Å². The van der Waals surface area contributed by atoms with E-state index < -0.39 is 0 Å². The Kier molecular flexibility index (Phi) is 5.84. The smallest absolute Gasteiger partial charge is 0.315 e. The third-order valence-corrected chi connectivity index (χ3v) is 6.10. The second-order valence-electron chi connectivity index (χ2n) is 8.12. The molecule has 0 saturated carbocycles. The Hall–Kier alpha value is -2.82. The van der Waals surface area contributed by atoms with Crippen molar-refractivity contribution in [2.75, 3.05) is 13.1 Å². The van der Waals surface area contributed by atoms with Crippen LogP contribution in [0.1, 0.15) is 53.6 Å². The molecule has 1 aliphatic heterocycles. The van der Waals surface area contributed by atoms with Crippen LogP contribution in [0.2, 0.25) is 0 Å². The van der Waals surface area contributed by atoms with Gasteiger partial charge in [0.25, 0.3) is 0 Å². The van der Waals surface area contributed by atoms with Crippen LogP contribution in [0.15, 0.2) is 42.5 Å². The Morgan fingerprint density at radius 2 is 1.69 bits per heavy atom. The third kappa shape index (κ3) is 4.61. The summed E-state index contributed by atoms with van der Waals surface area (Å²) in [7, 11) is 0. The normalized spacial score (nSPS) is 16.4. The summed E-state index contributed by atoms with van der Waals surface area (Å²) in [5.74, 6) is -0.0453. The number of amides is 3. The molecule has 2 aromatic carbocycles. The summed E-state index contributed by atoms with van der Waals surface area (Å²) >= 11 is 0. The minimum absolute atomic E-state index is 0.0188. The summed E-state index contributed by atoms with van der Waals surface area (Å²) in [4.78, 5) is 26.6. The van der Waals surface area contributed by atoms with E-state index in [9.17, 15) is 9.59 Å². The number of fused-ring (bicyclic) bond motifs is 2. The van der Waals surface area contributed by atoms with E-state index in [0.29, 0.717) is 13.1 Å². The quantitative estimate of drug-likeness (QED) is 0.838. The zero-order chi connectivity index (χ0) is 20.2. The molecule has 0 radical (unpaired) electrons. The average molecular weight is 392 g/mol. The monoisotopic (exact) mass is 391 g/mol. The molecular formula is C24H29N3O2. The molecule has 0 bridgehead atoms. The number of hydrogen-bond donors (Lipinski definition) is 2. The first-order valence-corrected chi connectivity index (χ1v) is 10.6. The topological polar surface area (TPSA) is 61.4 Å². The van der Waals surface area contributed by atoms with Gasteiger partial charge in [-0.25, -0.2) is 4.79 Å². The van der Waals surface area contributed by atoms with Crippen LogP contribution in [0.4, 0.5) is 4.79 Å².